The molecule has 0 saturated carbocycles. The molecule has 0 spiro atoms. The van der Waals surface area contributed by atoms with Gasteiger partial charge in [0.2, 0.25) is 5.91 Å². The van der Waals surface area contributed by atoms with Crippen LogP contribution in [0.15, 0.2) is 84.9 Å². The van der Waals surface area contributed by atoms with Crippen LogP contribution in [-0.4, -0.2) is 35.8 Å². The van der Waals surface area contributed by atoms with Crippen molar-refractivity contribution in [2.75, 3.05) is 12.4 Å². The van der Waals surface area contributed by atoms with Crippen LogP contribution in [0.2, 0.25) is 0 Å². The summed E-state index contributed by atoms with van der Waals surface area (Å²) < 4.78 is 10.7. The van der Waals surface area contributed by atoms with Crippen molar-refractivity contribution in [3.63, 3.8) is 0 Å². The highest BCUT2D eigenvalue weighted by Gasteiger charge is 2.49. The number of ether oxygens (including phenoxy) is 2. The molecule has 1 aliphatic rings. The number of β-lactam (4-membered cyclic amide) rings is 1. The molecule has 0 aromatic heterocycles. The summed E-state index contributed by atoms with van der Waals surface area (Å²) in [4.78, 5) is 40.1. The predicted molar refractivity (Wildman–Crippen MR) is 122 cm³/mol. The number of para-hydroxylation sites is 1. The maximum absolute atomic E-state index is 13.3. The van der Waals surface area contributed by atoms with Crippen molar-refractivity contribution < 1.29 is 23.9 Å². The molecule has 7 heteroatoms. The topological polar surface area (TPSA) is 84.9 Å². The molecule has 0 radical (unpaired) electrons. The SMILES string of the molecule is COc1cccc(C(C(=O)Nc2ccccc2)N2C(=O)C[C@H]2C(=O)OCc2ccccc2)c1. The van der Waals surface area contributed by atoms with E-state index in [9.17, 15) is 14.4 Å². The van der Waals surface area contributed by atoms with Gasteiger partial charge in [-0.1, -0.05) is 60.7 Å². The summed E-state index contributed by atoms with van der Waals surface area (Å²) in [7, 11) is 1.52. The molecular weight excluding hydrogens is 420 g/mol. The van der Waals surface area contributed by atoms with E-state index in [-0.39, 0.29) is 18.9 Å². The number of nitrogens with one attached hydrogen (secondary N) is 1. The lowest BCUT2D eigenvalue weighted by Gasteiger charge is -2.43. The highest BCUT2D eigenvalue weighted by Crippen LogP contribution is 2.35. The summed E-state index contributed by atoms with van der Waals surface area (Å²) in [5, 5.41) is 2.84. The van der Waals surface area contributed by atoms with Crippen molar-refractivity contribution in [1.29, 1.82) is 0 Å². The Labute approximate surface area is 191 Å². The fourth-order valence-electron chi connectivity index (χ4n) is 3.76. The number of hydrogen-bond acceptors (Lipinski definition) is 5. The maximum Gasteiger partial charge on any atom is 0.329 e. The van der Waals surface area contributed by atoms with Gasteiger partial charge in [-0.05, 0) is 35.4 Å². The van der Waals surface area contributed by atoms with Gasteiger partial charge < -0.3 is 19.7 Å². The lowest BCUT2D eigenvalue weighted by molar-refractivity contribution is -0.171. The van der Waals surface area contributed by atoms with E-state index in [4.69, 9.17) is 9.47 Å². The third-order valence-electron chi connectivity index (χ3n) is 5.47. The molecule has 33 heavy (non-hydrogen) atoms. The number of methoxy groups -OCH3 is 1. The highest BCUT2D eigenvalue weighted by molar-refractivity contribution is 6.02. The molecule has 1 aliphatic heterocycles. The van der Waals surface area contributed by atoms with Crippen LogP contribution in [0.3, 0.4) is 0 Å². The van der Waals surface area contributed by atoms with Gasteiger partial charge in [-0.25, -0.2) is 4.79 Å². The second-order valence-electron chi connectivity index (χ2n) is 7.65. The summed E-state index contributed by atoms with van der Waals surface area (Å²) in [6.45, 7) is 0.0955. The van der Waals surface area contributed by atoms with Crippen molar-refractivity contribution in [3.8, 4) is 5.75 Å². The summed E-state index contributed by atoms with van der Waals surface area (Å²) in [5.41, 5.74) is 1.97. The number of esters is 1. The number of benzene rings is 3. The van der Waals surface area contributed by atoms with Gasteiger partial charge in [-0.15, -0.1) is 0 Å². The van der Waals surface area contributed by atoms with Crippen LogP contribution in [0.1, 0.15) is 23.6 Å². The minimum Gasteiger partial charge on any atom is -0.497 e. The van der Waals surface area contributed by atoms with Gasteiger partial charge in [0.15, 0.2) is 0 Å². The Kier molecular flexibility index (Phi) is 6.69. The minimum absolute atomic E-state index is 0.00723. The molecule has 1 heterocycles. The molecule has 0 aliphatic carbocycles. The lowest BCUT2D eigenvalue weighted by atomic mass is 9.93. The standard InChI is InChI=1S/C26H24N2O5/c1-32-21-14-8-11-19(15-21)24(25(30)27-20-12-6-3-7-13-20)28-22(16-23(28)29)26(31)33-17-18-9-4-2-5-10-18/h2-15,22,24H,16-17H2,1H3,(H,27,30)/t22-,24?/m0/s1. The molecule has 4 rings (SSSR count). The zero-order chi connectivity index (χ0) is 23.2. The third kappa shape index (κ3) is 5.03. The van der Waals surface area contributed by atoms with E-state index >= 15 is 0 Å². The van der Waals surface area contributed by atoms with Crippen molar-refractivity contribution in [2.24, 2.45) is 0 Å². The average Bonchev–Trinajstić information content (AvgIpc) is 2.85. The third-order valence-corrected chi connectivity index (χ3v) is 5.47. The summed E-state index contributed by atoms with van der Waals surface area (Å²) >= 11 is 0. The lowest BCUT2D eigenvalue weighted by Crippen LogP contribution is -2.60. The number of amides is 2. The fourth-order valence-corrected chi connectivity index (χ4v) is 3.76. The second kappa shape index (κ2) is 9.99. The Morgan fingerprint density at radius 3 is 2.36 bits per heavy atom. The molecular formula is C26H24N2O5. The first kappa shape index (κ1) is 22.1. The number of carbonyl (C=O) groups is 3. The van der Waals surface area contributed by atoms with Crippen LogP contribution in [0, 0.1) is 0 Å². The first-order valence-electron chi connectivity index (χ1n) is 10.6. The van der Waals surface area contributed by atoms with Gasteiger partial charge in [-0.3, -0.25) is 9.59 Å². The van der Waals surface area contributed by atoms with Crippen LogP contribution < -0.4 is 10.1 Å². The molecule has 0 bridgehead atoms. The van der Waals surface area contributed by atoms with Crippen LogP contribution in [0.5, 0.6) is 5.75 Å². The van der Waals surface area contributed by atoms with Gasteiger partial charge in [0.05, 0.1) is 13.5 Å². The quantitative estimate of drug-likeness (QED) is 0.423. The van der Waals surface area contributed by atoms with Crippen molar-refractivity contribution >= 4 is 23.5 Å². The summed E-state index contributed by atoms with van der Waals surface area (Å²) in [6.07, 6.45) is -0.00723. The van der Waals surface area contributed by atoms with Gasteiger partial charge in [0.25, 0.3) is 5.91 Å². The van der Waals surface area contributed by atoms with E-state index in [2.05, 4.69) is 5.32 Å². The number of rotatable bonds is 8. The summed E-state index contributed by atoms with van der Waals surface area (Å²) in [5.74, 6) is -0.726. The molecule has 7 nitrogen and oxygen atoms in total. The monoisotopic (exact) mass is 444 g/mol. The fraction of sp³-hybridized carbons (Fsp3) is 0.192. The Bertz CT molecular complexity index is 1130. The first-order valence-corrected chi connectivity index (χ1v) is 10.6. The number of hydrogen-bond donors (Lipinski definition) is 1. The minimum atomic E-state index is -1.02. The molecule has 3 aromatic carbocycles. The van der Waals surface area contributed by atoms with E-state index in [1.807, 2.05) is 36.4 Å². The average molecular weight is 444 g/mol. The number of carbonyl (C=O) groups excluding carboxylic acids is 3. The van der Waals surface area contributed by atoms with Crippen LogP contribution in [0.4, 0.5) is 5.69 Å². The van der Waals surface area contributed by atoms with E-state index < -0.39 is 24.0 Å². The Morgan fingerprint density at radius 2 is 1.70 bits per heavy atom. The Balaban J connectivity index is 1.58. The van der Waals surface area contributed by atoms with Crippen molar-refractivity contribution in [3.05, 3.63) is 96.1 Å². The van der Waals surface area contributed by atoms with E-state index in [0.29, 0.717) is 17.0 Å². The second-order valence-corrected chi connectivity index (χ2v) is 7.65. The smallest absolute Gasteiger partial charge is 0.329 e. The van der Waals surface area contributed by atoms with Crippen LogP contribution >= 0.6 is 0 Å². The van der Waals surface area contributed by atoms with Gasteiger partial charge in [-0.2, -0.15) is 0 Å². The normalized spacial score (nSPS) is 15.8. The van der Waals surface area contributed by atoms with E-state index in [0.717, 1.165) is 5.56 Å². The zero-order valence-corrected chi connectivity index (χ0v) is 18.1. The molecule has 1 unspecified atom stereocenters. The van der Waals surface area contributed by atoms with Gasteiger partial charge in [0, 0.05) is 5.69 Å². The van der Waals surface area contributed by atoms with Crippen molar-refractivity contribution in [1.82, 2.24) is 4.90 Å². The zero-order valence-electron chi connectivity index (χ0n) is 18.1. The molecule has 1 saturated heterocycles. The summed E-state index contributed by atoms with van der Waals surface area (Å²) in [6, 6.07) is 23.3. The van der Waals surface area contributed by atoms with E-state index in [1.54, 1.807) is 48.5 Å². The van der Waals surface area contributed by atoms with E-state index in [1.165, 1.54) is 12.0 Å². The molecule has 2 amide bonds. The van der Waals surface area contributed by atoms with Gasteiger partial charge in [0.1, 0.15) is 24.4 Å². The molecule has 168 valence electrons. The van der Waals surface area contributed by atoms with Gasteiger partial charge >= 0.3 is 5.97 Å². The number of anilines is 1. The molecule has 1 N–H and O–H groups in total. The highest BCUT2D eigenvalue weighted by atomic mass is 16.5. The first-order chi connectivity index (χ1) is 16.1. The number of nitrogens with zero attached hydrogens (tertiary/aromatic N) is 1. The predicted octanol–water partition coefficient (Wildman–Crippen LogP) is 3.72. The molecule has 3 aromatic rings. The largest absolute Gasteiger partial charge is 0.497 e. The molecule has 2 atom stereocenters. The number of likely N-dealkylation sites (tertiary alicyclic amines) is 1. The maximum atomic E-state index is 13.3. The van der Waals surface area contributed by atoms with Crippen molar-refractivity contribution in [2.45, 2.75) is 25.1 Å². The van der Waals surface area contributed by atoms with Crippen LogP contribution in [-0.2, 0) is 25.7 Å². The Hall–Kier alpha value is -4.13. The Morgan fingerprint density at radius 1 is 1.00 bits per heavy atom. The molecule has 1 fully saturated rings. The van der Waals surface area contributed by atoms with Crippen LogP contribution in [0.25, 0.3) is 0 Å².